The van der Waals surface area contributed by atoms with Crippen LogP contribution in [0.25, 0.3) is 0 Å². The highest BCUT2D eigenvalue weighted by Gasteiger charge is 2.10. The average Bonchev–Trinajstić information content (AvgIpc) is 2.42. The van der Waals surface area contributed by atoms with Gasteiger partial charge in [-0.1, -0.05) is 0 Å². The summed E-state index contributed by atoms with van der Waals surface area (Å²) in [5.41, 5.74) is 5.57. The van der Waals surface area contributed by atoms with Crippen molar-refractivity contribution in [2.75, 3.05) is 26.2 Å². The molecule has 0 aromatic heterocycles. The minimum Gasteiger partial charge on any atom is -0.463 e. The maximum Gasteiger partial charge on any atom is 0.306 e. The molecule has 0 amide bonds. The molecule has 0 aliphatic heterocycles. The number of rotatable bonds is 13. The summed E-state index contributed by atoms with van der Waals surface area (Å²) in [5.74, 6) is -0.307. The zero-order valence-corrected chi connectivity index (χ0v) is 15.2. The second-order valence-electron chi connectivity index (χ2n) is 6.27. The molecule has 0 bridgehead atoms. The number of nitrogens with two attached hydrogens (primary N) is 1. The largest absolute Gasteiger partial charge is 0.463 e. The number of esters is 2. The molecule has 0 aromatic carbocycles. The molecule has 0 fully saturated rings. The lowest BCUT2D eigenvalue weighted by Gasteiger charge is -2.22. The van der Waals surface area contributed by atoms with Gasteiger partial charge < -0.3 is 20.1 Å². The van der Waals surface area contributed by atoms with Gasteiger partial charge in [-0.15, -0.1) is 0 Å². The van der Waals surface area contributed by atoms with Crippen LogP contribution in [0.5, 0.6) is 0 Å². The lowest BCUT2D eigenvalue weighted by atomic mass is 10.2. The Bertz CT molecular complexity index is 305. The summed E-state index contributed by atoms with van der Waals surface area (Å²) in [4.78, 5) is 25.3. The van der Waals surface area contributed by atoms with E-state index >= 15 is 0 Å². The van der Waals surface area contributed by atoms with E-state index in [1.165, 1.54) is 0 Å². The number of carbonyl (C=O) groups excluding carboxylic acids is 2. The molecular weight excluding hydrogens is 296 g/mol. The van der Waals surface area contributed by atoms with Crippen molar-refractivity contribution in [1.82, 2.24) is 4.90 Å². The van der Waals surface area contributed by atoms with Crippen LogP contribution in [0.2, 0.25) is 0 Å². The minimum atomic E-state index is -0.153. The first kappa shape index (κ1) is 21.9. The summed E-state index contributed by atoms with van der Waals surface area (Å²) in [6.07, 6.45) is 3.14. The fourth-order valence-electron chi connectivity index (χ4n) is 2.19. The van der Waals surface area contributed by atoms with Crippen molar-refractivity contribution in [2.45, 2.75) is 72.0 Å². The Labute approximate surface area is 140 Å². The molecule has 6 nitrogen and oxygen atoms in total. The highest BCUT2D eigenvalue weighted by molar-refractivity contribution is 5.69. The van der Waals surface area contributed by atoms with Crippen LogP contribution in [0.3, 0.4) is 0 Å². The predicted molar refractivity (Wildman–Crippen MR) is 91.0 cm³/mol. The smallest absolute Gasteiger partial charge is 0.306 e. The van der Waals surface area contributed by atoms with E-state index in [0.717, 1.165) is 38.9 Å². The first-order chi connectivity index (χ1) is 10.8. The molecule has 0 aliphatic rings. The van der Waals surface area contributed by atoms with Crippen molar-refractivity contribution >= 4 is 11.9 Å². The van der Waals surface area contributed by atoms with Crippen LogP contribution < -0.4 is 5.73 Å². The maximum absolute atomic E-state index is 11.5. The van der Waals surface area contributed by atoms with Crippen LogP contribution in [0.4, 0.5) is 0 Å². The first-order valence-electron chi connectivity index (χ1n) is 8.66. The Hall–Kier alpha value is -1.14. The molecule has 2 N–H and O–H groups in total. The van der Waals surface area contributed by atoms with Gasteiger partial charge in [-0.05, 0) is 73.1 Å². The van der Waals surface area contributed by atoms with Gasteiger partial charge >= 0.3 is 11.9 Å². The highest BCUT2D eigenvalue weighted by Crippen LogP contribution is 2.04. The number of hydrogen-bond acceptors (Lipinski definition) is 6. The molecule has 0 saturated carbocycles. The monoisotopic (exact) mass is 330 g/mol. The SMILES string of the molecule is CC(C)OC(=O)CCCN(CCCN)CCCC(=O)OC(C)C. The second kappa shape index (κ2) is 13.3. The van der Waals surface area contributed by atoms with Crippen LogP contribution in [0, 0.1) is 0 Å². The standard InChI is InChI=1S/C17H34N2O4/c1-14(2)22-16(20)8-5-11-19(13-7-10-18)12-6-9-17(21)23-15(3)4/h14-15H,5-13,18H2,1-4H3. The molecule has 0 atom stereocenters. The average molecular weight is 330 g/mol. The third-order valence-corrected chi connectivity index (χ3v) is 3.12. The zero-order chi connectivity index (χ0) is 17.7. The molecule has 0 aromatic rings. The highest BCUT2D eigenvalue weighted by atomic mass is 16.5. The first-order valence-corrected chi connectivity index (χ1v) is 8.66. The summed E-state index contributed by atoms with van der Waals surface area (Å²) in [7, 11) is 0. The Morgan fingerprint density at radius 1 is 0.826 bits per heavy atom. The second-order valence-corrected chi connectivity index (χ2v) is 6.27. The van der Waals surface area contributed by atoms with E-state index in [1.54, 1.807) is 0 Å². The van der Waals surface area contributed by atoms with Crippen LogP contribution in [0.1, 0.15) is 59.8 Å². The number of carbonyl (C=O) groups is 2. The molecular formula is C17H34N2O4. The van der Waals surface area contributed by atoms with E-state index in [0.29, 0.717) is 19.4 Å². The van der Waals surface area contributed by atoms with Gasteiger partial charge in [0.15, 0.2) is 0 Å². The van der Waals surface area contributed by atoms with Gasteiger partial charge in [0.2, 0.25) is 0 Å². The topological polar surface area (TPSA) is 81.9 Å². The van der Waals surface area contributed by atoms with Crippen molar-refractivity contribution in [3.05, 3.63) is 0 Å². The zero-order valence-electron chi connectivity index (χ0n) is 15.2. The van der Waals surface area contributed by atoms with Crippen molar-refractivity contribution < 1.29 is 19.1 Å². The molecule has 0 aliphatic carbocycles. The summed E-state index contributed by atoms with van der Waals surface area (Å²) in [5, 5.41) is 0. The lowest BCUT2D eigenvalue weighted by molar-refractivity contribution is -0.148. The lowest BCUT2D eigenvalue weighted by Crippen LogP contribution is -2.29. The Morgan fingerprint density at radius 3 is 1.57 bits per heavy atom. The van der Waals surface area contributed by atoms with Gasteiger partial charge in [0, 0.05) is 12.8 Å². The van der Waals surface area contributed by atoms with Crippen LogP contribution in [-0.2, 0) is 19.1 Å². The molecule has 0 spiro atoms. The van der Waals surface area contributed by atoms with Crippen molar-refractivity contribution in [2.24, 2.45) is 5.73 Å². The van der Waals surface area contributed by atoms with Crippen molar-refractivity contribution in [3.8, 4) is 0 Å². The Kier molecular flexibility index (Phi) is 12.7. The summed E-state index contributed by atoms with van der Waals surface area (Å²) in [6, 6.07) is 0. The predicted octanol–water partition coefficient (Wildman–Crippen LogP) is 2.10. The fourth-order valence-corrected chi connectivity index (χ4v) is 2.19. The van der Waals surface area contributed by atoms with Gasteiger partial charge in [-0.3, -0.25) is 9.59 Å². The third-order valence-electron chi connectivity index (χ3n) is 3.12. The molecule has 6 heteroatoms. The van der Waals surface area contributed by atoms with Gasteiger partial charge in [0.05, 0.1) is 12.2 Å². The van der Waals surface area contributed by atoms with E-state index in [-0.39, 0.29) is 24.1 Å². The number of hydrogen-bond donors (Lipinski definition) is 1. The van der Waals surface area contributed by atoms with Crippen molar-refractivity contribution in [3.63, 3.8) is 0 Å². The van der Waals surface area contributed by atoms with E-state index in [2.05, 4.69) is 4.90 Å². The van der Waals surface area contributed by atoms with E-state index in [1.807, 2.05) is 27.7 Å². The van der Waals surface area contributed by atoms with Crippen LogP contribution >= 0.6 is 0 Å². The third kappa shape index (κ3) is 14.2. The van der Waals surface area contributed by atoms with Crippen molar-refractivity contribution in [1.29, 1.82) is 0 Å². The fraction of sp³-hybridized carbons (Fsp3) is 0.882. The van der Waals surface area contributed by atoms with Crippen LogP contribution in [0.15, 0.2) is 0 Å². The Balaban J connectivity index is 4.01. The molecule has 0 unspecified atom stereocenters. The number of nitrogens with zero attached hydrogens (tertiary/aromatic N) is 1. The minimum absolute atomic E-state index is 0.0668. The summed E-state index contributed by atoms with van der Waals surface area (Å²) < 4.78 is 10.2. The summed E-state index contributed by atoms with van der Waals surface area (Å²) in [6.45, 7) is 10.5. The summed E-state index contributed by atoms with van der Waals surface area (Å²) >= 11 is 0. The molecule has 23 heavy (non-hydrogen) atoms. The molecule has 136 valence electrons. The van der Waals surface area contributed by atoms with Gasteiger partial charge in [0.1, 0.15) is 0 Å². The normalized spacial score (nSPS) is 11.3. The van der Waals surface area contributed by atoms with Gasteiger partial charge in [0.25, 0.3) is 0 Å². The number of ether oxygens (including phenoxy) is 2. The van der Waals surface area contributed by atoms with Crippen LogP contribution in [-0.4, -0.2) is 55.2 Å². The molecule has 0 rings (SSSR count). The van der Waals surface area contributed by atoms with E-state index in [4.69, 9.17) is 15.2 Å². The van der Waals surface area contributed by atoms with Gasteiger partial charge in [-0.2, -0.15) is 0 Å². The molecule has 0 saturated heterocycles. The maximum atomic E-state index is 11.5. The Morgan fingerprint density at radius 2 is 1.22 bits per heavy atom. The van der Waals surface area contributed by atoms with Gasteiger partial charge in [-0.25, -0.2) is 0 Å². The molecule has 0 radical (unpaired) electrons. The van der Waals surface area contributed by atoms with E-state index < -0.39 is 0 Å². The quantitative estimate of drug-likeness (QED) is 0.521. The molecule has 0 heterocycles. The van der Waals surface area contributed by atoms with E-state index in [9.17, 15) is 9.59 Å².